The Kier molecular flexibility index (Phi) is 5.99. The van der Waals surface area contributed by atoms with Gasteiger partial charge in [0.1, 0.15) is 5.82 Å². The van der Waals surface area contributed by atoms with Crippen molar-refractivity contribution in [2.75, 3.05) is 17.2 Å². The third kappa shape index (κ3) is 5.05. The van der Waals surface area contributed by atoms with E-state index in [0.717, 1.165) is 25.2 Å². The van der Waals surface area contributed by atoms with E-state index in [1.165, 1.54) is 11.1 Å². The molecular weight excluding hydrogens is 308 g/mol. The molecule has 1 atom stereocenters. The lowest BCUT2D eigenvalue weighted by atomic mass is 10.0. The molecule has 0 fully saturated rings. The summed E-state index contributed by atoms with van der Waals surface area (Å²) in [6, 6.07) is 23.0. The molecule has 0 saturated heterocycles. The van der Waals surface area contributed by atoms with E-state index in [2.05, 4.69) is 76.1 Å². The second kappa shape index (κ2) is 8.83. The Morgan fingerprint density at radius 2 is 1.64 bits per heavy atom. The van der Waals surface area contributed by atoms with Gasteiger partial charge in [0.2, 0.25) is 5.95 Å². The van der Waals surface area contributed by atoms with E-state index in [1.807, 2.05) is 18.2 Å². The first-order valence-corrected chi connectivity index (χ1v) is 8.77. The Bertz CT molecular complexity index is 759. The second-order valence-corrected chi connectivity index (χ2v) is 5.94. The van der Waals surface area contributed by atoms with E-state index in [-0.39, 0.29) is 6.04 Å². The Hall–Kier alpha value is -2.88. The molecule has 3 aromatic rings. The summed E-state index contributed by atoms with van der Waals surface area (Å²) in [5, 5.41) is 6.80. The first-order chi connectivity index (χ1) is 12.3. The van der Waals surface area contributed by atoms with Crippen molar-refractivity contribution in [3.63, 3.8) is 0 Å². The summed E-state index contributed by atoms with van der Waals surface area (Å²) in [6.45, 7) is 2.98. The monoisotopic (exact) mass is 332 g/mol. The molecule has 1 aromatic heterocycles. The van der Waals surface area contributed by atoms with Crippen molar-refractivity contribution < 1.29 is 0 Å². The number of rotatable bonds is 8. The maximum atomic E-state index is 4.58. The molecule has 4 heteroatoms. The molecule has 0 radical (unpaired) electrons. The van der Waals surface area contributed by atoms with Gasteiger partial charge in [0.25, 0.3) is 0 Å². The first kappa shape index (κ1) is 17.0. The SMILES string of the molecule is CCC(Nc1ccnc(NCCc2ccccc2)n1)c1ccccc1. The number of nitrogens with zero attached hydrogens (tertiary/aromatic N) is 2. The Balaban J connectivity index is 1.59. The Labute approximate surface area is 149 Å². The number of hydrogen-bond acceptors (Lipinski definition) is 4. The molecule has 4 nitrogen and oxygen atoms in total. The molecule has 0 spiro atoms. The van der Waals surface area contributed by atoms with Crippen molar-refractivity contribution in [2.45, 2.75) is 25.8 Å². The van der Waals surface area contributed by atoms with Gasteiger partial charge in [-0.05, 0) is 30.0 Å². The minimum Gasteiger partial charge on any atom is -0.363 e. The zero-order valence-electron chi connectivity index (χ0n) is 14.5. The summed E-state index contributed by atoms with van der Waals surface area (Å²) in [5.74, 6) is 1.50. The quantitative estimate of drug-likeness (QED) is 0.628. The zero-order valence-corrected chi connectivity index (χ0v) is 14.5. The highest BCUT2D eigenvalue weighted by Gasteiger charge is 2.09. The fourth-order valence-electron chi connectivity index (χ4n) is 2.77. The molecule has 1 heterocycles. The van der Waals surface area contributed by atoms with Crippen molar-refractivity contribution in [3.8, 4) is 0 Å². The average molecular weight is 332 g/mol. The zero-order chi connectivity index (χ0) is 17.3. The lowest BCUT2D eigenvalue weighted by Crippen LogP contribution is -2.13. The van der Waals surface area contributed by atoms with Crippen LogP contribution in [-0.2, 0) is 6.42 Å². The van der Waals surface area contributed by atoms with Crippen LogP contribution in [0, 0.1) is 0 Å². The van der Waals surface area contributed by atoms with Crippen LogP contribution >= 0.6 is 0 Å². The first-order valence-electron chi connectivity index (χ1n) is 8.77. The van der Waals surface area contributed by atoms with Crippen molar-refractivity contribution in [2.24, 2.45) is 0 Å². The molecule has 2 N–H and O–H groups in total. The van der Waals surface area contributed by atoms with E-state index in [4.69, 9.17) is 0 Å². The van der Waals surface area contributed by atoms with Crippen LogP contribution in [0.25, 0.3) is 0 Å². The molecule has 0 aliphatic carbocycles. The van der Waals surface area contributed by atoms with Crippen LogP contribution in [0.15, 0.2) is 72.9 Å². The van der Waals surface area contributed by atoms with Gasteiger partial charge in [-0.3, -0.25) is 0 Å². The largest absolute Gasteiger partial charge is 0.363 e. The van der Waals surface area contributed by atoms with Crippen molar-refractivity contribution >= 4 is 11.8 Å². The van der Waals surface area contributed by atoms with E-state index in [1.54, 1.807) is 6.20 Å². The molecule has 3 rings (SSSR count). The maximum absolute atomic E-state index is 4.58. The van der Waals surface area contributed by atoms with E-state index in [0.29, 0.717) is 5.95 Å². The topological polar surface area (TPSA) is 49.8 Å². The summed E-state index contributed by atoms with van der Waals surface area (Å²) in [7, 11) is 0. The van der Waals surface area contributed by atoms with Gasteiger partial charge in [-0.15, -0.1) is 0 Å². The number of benzene rings is 2. The predicted octanol–water partition coefficient (Wildman–Crippen LogP) is 4.69. The van der Waals surface area contributed by atoms with Gasteiger partial charge >= 0.3 is 0 Å². The fraction of sp³-hybridized carbons (Fsp3) is 0.238. The summed E-state index contributed by atoms with van der Waals surface area (Å²) >= 11 is 0. The van der Waals surface area contributed by atoms with Crippen LogP contribution in [0.1, 0.15) is 30.5 Å². The molecule has 25 heavy (non-hydrogen) atoms. The third-order valence-corrected chi connectivity index (χ3v) is 4.13. The van der Waals surface area contributed by atoms with Crippen LogP contribution in [0.4, 0.5) is 11.8 Å². The molecular formula is C21H24N4. The van der Waals surface area contributed by atoms with Gasteiger partial charge in [-0.1, -0.05) is 67.6 Å². The lowest BCUT2D eigenvalue weighted by Gasteiger charge is -2.18. The number of anilines is 2. The van der Waals surface area contributed by atoms with Crippen molar-refractivity contribution in [1.82, 2.24) is 9.97 Å². The van der Waals surface area contributed by atoms with Crippen LogP contribution in [0.3, 0.4) is 0 Å². The summed E-state index contributed by atoms with van der Waals surface area (Å²) < 4.78 is 0. The van der Waals surface area contributed by atoms with E-state index < -0.39 is 0 Å². The standard InChI is InChI=1S/C21H24N4/c1-2-19(18-11-7-4-8-12-18)24-20-14-16-23-21(25-20)22-15-13-17-9-5-3-6-10-17/h3-12,14,16,19H,2,13,15H2,1H3,(H2,22,23,24,25). The van der Waals surface area contributed by atoms with Crippen LogP contribution in [-0.4, -0.2) is 16.5 Å². The Morgan fingerprint density at radius 3 is 2.36 bits per heavy atom. The highest BCUT2D eigenvalue weighted by molar-refractivity contribution is 5.42. The molecule has 0 aliphatic heterocycles. The molecule has 0 saturated carbocycles. The van der Waals surface area contributed by atoms with Gasteiger partial charge in [0, 0.05) is 12.7 Å². The van der Waals surface area contributed by atoms with Crippen molar-refractivity contribution in [3.05, 3.63) is 84.1 Å². The van der Waals surface area contributed by atoms with Crippen LogP contribution in [0.2, 0.25) is 0 Å². The minimum atomic E-state index is 0.244. The summed E-state index contributed by atoms with van der Waals surface area (Å²) in [5.41, 5.74) is 2.57. The third-order valence-electron chi connectivity index (χ3n) is 4.13. The summed E-state index contributed by atoms with van der Waals surface area (Å²) in [6.07, 6.45) is 3.73. The molecule has 1 unspecified atom stereocenters. The molecule has 2 aromatic carbocycles. The number of nitrogens with one attached hydrogen (secondary N) is 2. The second-order valence-electron chi connectivity index (χ2n) is 5.94. The van der Waals surface area contributed by atoms with Gasteiger partial charge in [0.15, 0.2) is 0 Å². The minimum absolute atomic E-state index is 0.244. The van der Waals surface area contributed by atoms with Crippen LogP contribution in [0.5, 0.6) is 0 Å². The normalized spacial score (nSPS) is 11.7. The number of aromatic nitrogens is 2. The average Bonchev–Trinajstić information content (AvgIpc) is 2.68. The Morgan fingerprint density at radius 1 is 0.920 bits per heavy atom. The van der Waals surface area contributed by atoms with Gasteiger partial charge in [-0.2, -0.15) is 4.98 Å². The summed E-state index contributed by atoms with van der Waals surface area (Å²) in [4.78, 5) is 8.90. The highest BCUT2D eigenvalue weighted by atomic mass is 15.1. The van der Waals surface area contributed by atoms with Gasteiger partial charge in [0.05, 0.1) is 6.04 Å². The van der Waals surface area contributed by atoms with Gasteiger partial charge < -0.3 is 10.6 Å². The van der Waals surface area contributed by atoms with E-state index >= 15 is 0 Å². The lowest BCUT2D eigenvalue weighted by molar-refractivity contribution is 0.744. The predicted molar refractivity (Wildman–Crippen MR) is 104 cm³/mol. The molecule has 0 amide bonds. The molecule has 0 aliphatic rings. The molecule has 0 bridgehead atoms. The smallest absolute Gasteiger partial charge is 0.224 e. The number of hydrogen-bond donors (Lipinski definition) is 2. The van der Waals surface area contributed by atoms with Crippen LogP contribution < -0.4 is 10.6 Å². The fourth-order valence-corrected chi connectivity index (χ4v) is 2.77. The van der Waals surface area contributed by atoms with Gasteiger partial charge in [-0.25, -0.2) is 4.98 Å². The highest BCUT2D eigenvalue weighted by Crippen LogP contribution is 2.21. The van der Waals surface area contributed by atoms with Crippen molar-refractivity contribution in [1.29, 1.82) is 0 Å². The van der Waals surface area contributed by atoms with E-state index in [9.17, 15) is 0 Å². The molecule has 128 valence electrons. The maximum Gasteiger partial charge on any atom is 0.224 e.